The smallest absolute Gasteiger partial charge is 0.394 e. The molecular weight excluding hydrogens is 1060 g/mol. The number of hydrogen-bond donors (Lipinski definition) is 13. The Balaban J connectivity index is 1.55. The maximum atomic E-state index is 12.7. The fraction of sp³-hybridized carbons (Fsp3) is 0.974. The van der Waals surface area contributed by atoms with Crippen LogP contribution in [-0.2, 0) is 83.5 Å². The lowest BCUT2D eigenvalue weighted by Gasteiger charge is -2.42. The number of aliphatic hydroxyl groups is 9. The van der Waals surface area contributed by atoms with Crippen LogP contribution in [-0.4, -0.2) is 239 Å². The van der Waals surface area contributed by atoms with Crippen molar-refractivity contribution in [3.05, 3.63) is 0 Å². The van der Waals surface area contributed by atoms with Gasteiger partial charge in [0.1, 0.15) is 48.8 Å². The molecule has 3 aliphatic heterocycles. The van der Waals surface area contributed by atoms with E-state index in [1.54, 1.807) is 13.8 Å². The molecule has 3 rings (SSSR count). The predicted octanol–water partition coefficient (Wildman–Crippen LogP) is -3.10. The summed E-state index contributed by atoms with van der Waals surface area (Å²) in [5.74, 6) is -2.45. The van der Waals surface area contributed by atoms with E-state index in [1.807, 2.05) is 0 Å². The third-order valence-corrected chi connectivity index (χ3v) is 15.1. The first kappa shape index (κ1) is 66.4. The highest BCUT2D eigenvalue weighted by Gasteiger charge is 2.46. The first-order valence-electron chi connectivity index (χ1n) is 23.2. The van der Waals surface area contributed by atoms with Gasteiger partial charge in [0.05, 0.1) is 91.5 Å². The Morgan fingerprint density at radius 2 is 0.904 bits per heavy atom. The van der Waals surface area contributed by atoms with Gasteiger partial charge in [0.2, 0.25) is 5.91 Å². The van der Waals surface area contributed by atoms with Crippen LogP contribution < -0.4 is 5.32 Å². The maximum absolute atomic E-state index is 12.7. The SMILES string of the molecule is CC(=O)NC1[C@H](OCCOP(=O)(O)OCOCC(CCCOP(=O)(O)OCCO[C@@H]2OC(CO)[C@H](O)[C@H](O)C2C)(COCOP(=O)(O)OCCO[C@@H]2OC(CO)[C@H](O)[C@H](O)C2C)C(C)C)OC(CO)[C@H](O)[C@@H]1O. The van der Waals surface area contributed by atoms with E-state index in [9.17, 15) is 79.1 Å². The van der Waals surface area contributed by atoms with E-state index in [-0.39, 0.29) is 51.8 Å². The van der Waals surface area contributed by atoms with E-state index in [0.29, 0.717) is 0 Å². The van der Waals surface area contributed by atoms with E-state index in [0.717, 1.165) is 6.92 Å². The molecule has 0 bridgehead atoms. The van der Waals surface area contributed by atoms with Crippen LogP contribution in [0.25, 0.3) is 0 Å². The van der Waals surface area contributed by atoms with Gasteiger partial charge in [-0.1, -0.05) is 27.7 Å². The van der Waals surface area contributed by atoms with Crippen molar-refractivity contribution in [2.45, 2.75) is 127 Å². The Labute approximate surface area is 421 Å². The van der Waals surface area contributed by atoms with Gasteiger partial charge in [-0.3, -0.25) is 31.9 Å². The topological polar surface area (TPSA) is 452 Å². The number of phosphoric acid groups is 3. The molecule has 1 amide bonds. The molecule has 34 heteroatoms. The third-order valence-electron chi connectivity index (χ3n) is 12.2. The van der Waals surface area contributed by atoms with Crippen molar-refractivity contribution in [2.75, 3.05) is 92.9 Å². The van der Waals surface area contributed by atoms with Crippen molar-refractivity contribution in [3.8, 4) is 0 Å². The Kier molecular flexibility index (Phi) is 28.8. The van der Waals surface area contributed by atoms with E-state index in [2.05, 4.69) is 5.32 Å². The van der Waals surface area contributed by atoms with Crippen molar-refractivity contribution in [1.82, 2.24) is 5.32 Å². The Morgan fingerprint density at radius 3 is 1.29 bits per heavy atom. The molecule has 3 saturated heterocycles. The van der Waals surface area contributed by atoms with Gasteiger partial charge in [0.25, 0.3) is 0 Å². The molecule has 0 aliphatic carbocycles. The summed E-state index contributed by atoms with van der Waals surface area (Å²) >= 11 is 0. The maximum Gasteiger partial charge on any atom is 0.474 e. The molecule has 31 nitrogen and oxygen atoms in total. The predicted molar refractivity (Wildman–Crippen MR) is 241 cm³/mol. The molecule has 0 radical (unpaired) electrons. The number of hydrogen-bond acceptors (Lipinski definition) is 27. The number of ether oxygens (including phenoxy) is 8. The zero-order valence-electron chi connectivity index (χ0n) is 41.1. The van der Waals surface area contributed by atoms with Gasteiger partial charge in [-0.15, -0.1) is 0 Å². The van der Waals surface area contributed by atoms with E-state index in [4.69, 9.17) is 65.0 Å². The van der Waals surface area contributed by atoms with Gasteiger partial charge in [-0.05, 0) is 18.8 Å². The lowest BCUT2D eigenvalue weighted by molar-refractivity contribution is -0.283. The zero-order valence-corrected chi connectivity index (χ0v) is 43.8. The summed E-state index contributed by atoms with van der Waals surface area (Å²) in [5, 5.41) is 91.8. The van der Waals surface area contributed by atoms with Crippen LogP contribution in [0.15, 0.2) is 0 Å². The van der Waals surface area contributed by atoms with Gasteiger partial charge < -0.3 is 104 Å². The van der Waals surface area contributed by atoms with Crippen LogP contribution >= 0.6 is 23.5 Å². The van der Waals surface area contributed by atoms with Crippen LogP contribution in [0, 0.1) is 23.2 Å². The zero-order chi connectivity index (χ0) is 54.7. The first-order chi connectivity index (χ1) is 34.2. The molecule has 432 valence electrons. The molecule has 19 atom stereocenters. The Bertz CT molecular complexity index is 1670. The monoisotopic (exact) mass is 1130 g/mol. The molecule has 3 aliphatic rings. The number of aliphatic hydroxyl groups excluding tert-OH is 9. The normalized spacial score (nSPS) is 34.4. The molecule has 0 aromatic rings. The molecule has 73 heavy (non-hydrogen) atoms. The summed E-state index contributed by atoms with van der Waals surface area (Å²) in [5.41, 5.74) is -1.11. The summed E-state index contributed by atoms with van der Waals surface area (Å²) in [6.45, 7) is 0.392. The summed E-state index contributed by atoms with van der Waals surface area (Å²) in [6, 6.07) is -1.28. The van der Waals surface area contributed by atoms with Crippen LogP contribution in [0.1, 0.15) is 47.5 Å². The lowest BCUT2D eigenvalue weighted by Crippen LogP contribution is -2.64. The van der Waals surface area contributed by atoms with Gasteiger partial charge in [0, 0.05) is 24.2 Å². The highest BCUT2D eigenvalue weighted by molar-refractivity contribution is 7.47. The number of nitrogens with one attached hydrogen (secondary N) is 1. The summed E-state index contributed by atoms with van der Waals surface area (Å²) < 4.78 is 112. The molecule has 0 aromatic heterocycles. The average Bonchev–Trinajstić information content (AvgIpc) is 3.33. The second-order valence-corrected chi connectivity index (χ2v) is 22.1. The lowest BCUT2D eigenvalue weighted by atomic mass is 9.75. The minimum atomic E-state index is -4.86. The fourth-order valence-electron chi connectivity index (χ4n) is 7.61. The van der Waals surface area contributed by atoms with Crippen LogP contribution in [0.3, 0.4) is 0 Å². The van der Waals surface area contributed by atoms with Crippen LogP contribution in [0.2, 0.25) is 0 Å². The number of carbonyl (C=O) groups excluding carboxylic acids is 1. The van der Waals surface area contributed by atoms with E-state index < -0.39 is 186 Å². The standard InChI is InChI=1S/C39H76NO30P3/c1-22(2)39(7-6-8-62-71(51,52)63-12-9-59-36-23(3)30(45)32(47)26(15-41)68-36,18-57-20-66-72(53,54)64-13-10-60-37-24(4)31(46)33(48)27(16-42)69-37)19-58-21-67-73(55,56)65-14-11-61-38-29(40-25(5)44)35(50)34(49)28(17-43)70-38/h22-24,26-38,41-43,45-50H,6-21H2,1-5H3,(H,40,44)(H,51,52)(H,53,54)(H,55,56)/t23?,24?,26?,27?,28?,29?,30-,31-,32+,33+,34+,35-,36-,37-,38-,39?/m1/s1. The largest absolute Gasteiger partial charge is 0.474 e. The first-order valence-corrected chi connectivity index (χ1v) is 27.7. The second kappa shape index (κ2) is 31.6. The highest BCUT2D eigenvalue weighted by atomic mass is 31.2. The van der Waals surface area contributed by atoms with Crippen LogP contribution in [0.5, 0.6) is 0 Å². The minimum absolute atomic E-state index is 0.0251. The quantitative estimate of drug-likeness (QED) is 0.0170. The van der Waals surface area contributed by atoms with Gasteiger partial charge in [-0.25, -0.2) is 13.7 Å². The number of amides is 1. The molecule has 3 heterocycles. The molecule has 0 saturated carbocycles. The van der Waals surface area contributed by atoms with Gasteiger partial charge in [0.15, 0.2) is 32.5 Å². The van der Waals surface area contributed by atoms with Crippen molar-refractivity contribution in [1.29, 1.82) is 0 Å². The van der Waals surface area contributed by atoms with Crippen LogP contribution in [0.4, 0.5) is 0 Å². The Morgan fingerprint density at radius 1 is 0.548 bits per heavy atom. The average molecular weight is 1130 g/mol. The number of phosphoric ester groups is 3. The molecule has 13 N–H and O–H groups in total. The van der Waals surface area contributed by atoms with Crippen molar-refractivity contribution in [2.24, 2.45) is 23.2 Å². The second-order valence-electron chi connectivity index (χ2n) is 17.7. The van der Waals surface area contributed by atoms with Crippen molar-refractivity contribution >= 4 is 29.4 Å². The van der Waals surface area contributed by atoms with Gasteiger partial charge in [-0.2, -0.15) is 0 Å². The van der Waals surface area contributed by atoms with E-state index in [1.165, 1.54) is 13.8 Å². The minimum Gasteiger partial charge on any atom is -0.394 e. The van der Waals surface area contributed by atoms with E-state index >= 15 is 0 Å². The van der Waals surface area contributed by atoms with Gasteiger partial charge >= 0.3 is 23.5 Å². The fourth-order valence-corrected chi connectivity index (χ4v) is 9.52. The molecule has 10 unspecified atom stereocenters. The summed E-state index contributed by atoms with van der Waals surface area (Å²) in [6.07, 6.45) is -15.5. The summed E-state index contributed by atoms with van der Waals surface area (Å²) in [7, 11) is -14.3. The molecule has 0 spiro atoms. The molecule has 3 fully saturated rings. The van der Waals surface area contributed by atoms with Crippen molar-refractivity contribution in [3.63, 3.8) is 0 Å². The molecule has 0 aromatic carbocycles. The number of carbonyl (C=O) groups is 1. The number of rotatable bonds is 35. The van der Waals surface area contributed by atoms with Crippen molar-refractivity contribution < 1.29 is 144 Å². The summed E-state index contributed by atoms with van der Waals surface area (Å²) in [4.78, 5) is 42.6. The molecular formula is C39H76NO30P3. The highest BCUT2D eigenvalue weighted by Crippen LogP contribution is 2.46. The third kappa shape index (κ3) is 21.4. The Hall–Kier alpha value is -0.880.